The number of nitrogens with one attached hydrogen (secondary N) is 3. The number of aryl methyl sites for hydroxylation is 1. The van der Waals surface area contributed by atoms with E-state index in [1.165, 1.54) is 25.7 Å². The average Bonchev–Trinajstić information content (AvgIpc) is 2.32. The van der Waals surface area contributed by atoms with Crippen molar-refractivity contribution in [3.05, 3.63) is 11.9 Å². The zero-order valence-corrected chi connectivity index (χ0v) is 12.0. The van der Waals surface area contributed by atoms with E-state index in [1.54, 1.807) is 0 Å². The molecular weight excluding hydrogens is 238 g/mol. The Kier molecular flexibility index (Phi) is 5.39. The number of rotatable bonds is 8. The van der Waals surface area contributed by atoms with Crippen LogP contribution < -0.4 is 16.0 Å². The van der Waals surface area contributed by atoms with Crippen LogP contribution >= 0.6 is 0 Å². The van der Waals surface area contributed by atoms with E-state index < -0.39 is 0 Å². The number of aromatic nitrogens is 2. The lowest BCUT2D eigenvalue weighted by Crippen LogP contribution is -2.19. The minimum absolute atomic E-state index is 0.806. The maximum atomic E-state index is 4.42. The molecule has 5 nitrogen and oxygen atoms in total. The first-order chi connectivity index (χ1) is 9.28. The highest BCUT2D eigenvalue weighted by molar-refractivity contribution is 5.47. The van der Waals surface area contributed by atoms with Gasteiger partial charge in [-0.3, -0.25) is 0 Å². The molecule has 1 aliphatic carbocycles. The first kappa shape index (κ1) is 14.1. The van der Waals surface area contributed by atoms with E-state index in [1.807, 2.05) is 20.0 Å². The Morgan fingerprint density at radius 1 is 1.11 bits per heavy atom. The Bertz CT molecular complexity index is 389. The van der Waals surface area contributed by atoms with Gasteiger partial charge in [-0.15, -0.1) is 0 Å². The third kappa shape index (κ3) is 4.67. The highest BCUT2D eigenvalue weighted by Crippen LogP contribution is 2.29. The number of anilines is 2. The molecule has 0 unspecified atom stereocenters. The summed E-state index contributed by atoms with van der Waals surface area (Å²) in [7, 11) is 1.94. The average molecular weight is 263 g/mol. The van der Waals surface area contributed by atoms with Gasteiger partial charge in [-0.2, -0.15) is 0 Å². The minimum atomic E-state index is 0.806. The molecule has 0 saturated heterocycles. The van der Waals surface area contributed by atoms with Crippen LogP contribution in [0.4, 0.5) is 11.6 Å². The van der Waals surface area contributed by atoms with Gasteiger partial charge in [0.25, 0.3) is 0 Å². The summed E-state index contributed by atoms with van der Waals surface area (Å²) in [4.78, 5) is 8.81. The van der Waals surface area contributed by atoms with Crippen molar-refractivity contribution in [2.24, 2.45) is 5.92 Å². The van der Waals surface area contributed by atoms with Gasteiger partial charge in [-0.05, 0) is 26.3 Å². The van der Waals surface area contributed by atoms with Gasteiger partial charge < -0.3 is 16.0 Å². The van der Waals surface area contributed by atoms with Crippen molar-refractivity contribution < 1.29 is 0 Å². The molecule has 5 heteroatoms. The van der Waals surface area contributed by atoms with E-state index >= 15 is 0 Å². The van der Waals surface area contributed by atoms with Gasteiger partial charge in [-0.25, -0.2) is 9.97 Å². The smallest absolute Gasteiger partial charge is 0.131 e. The summed E-state index contributed by atoms with van der Waals surface area (Å²) >= 11 is 0. The summed E-state index contributed by atoms with van der Waals surface area (Å²) in [6.45, 7) is 4.74. The van der Waals surface area contributed by atoms with Gasteiger partial charge in [0.15, 0.2) is 0 Å². The summed E-state index contributed by atoms with van der Waals surface area (Å²) in [5.74, 6) is 3.57. The van der Waals surface area contributed by atoms with E-state index in [0.29, 0.717) is 0 Å². The van der Waals surface area contributed by atoms with E-state index in [0.717, 1.165) is 43.0 Å². The SMILES string of the molecule is CNCCNc1cc(NCCC2CCC2)nc(C)n1. The van der Waals surface area contributed by atoms with Crippen LogP contribution in [0.15, 0.2) is 6.07 Å². The maximum absolute atomic E-state index is 4.42. The van der Waals surface area contributed by atoms with Gasteiger partial charge in [0.2, 0.25) is 0 Å². The molecule has 1 heterocycles. The van der Waals surface area contributed by atoms with E-state index in [9.17, 15) is 0 Å². The fourth-order valence-electron chi connectivity index (χ4n) is 2.25. The van der Waals surface area contributed by atoms with Crippen molar-refractivity contribution in [3.63, 3.8) is 0 Å². The molecule has 0 aliphatic heterocycles. The number of hydrogen-bond donors (Lipinski definition) is 3. The summed E-state index contributed by atoms with van der Waals surface area (Å²) in [6, 6.07) is 1.99. The highest BCUT2D eigenvalue weighted by atomic mass is 15.1. The monoisotopic (exact) mass is 263 g/mol. The van der Waals surface area contributed by atoms with Crippen molar-refractivity contribution in [2.75, 3.05) is 37.3 Å². The predicted molar refractivity (Wildman–Crippen MR) is 79.6 cm³/mol. The Balaban J connectivity index is 1.80. The molecule has 1 aromatic heterocycles. The summed E-state index contributed by atoms with van der Waals surface area (Å²) in [6.07, 6.45) is 5.48. The second-order valence-electron chi connectivity index (χ2n) is 5.23. The first-order valence-electron chi connectivity index (χ1n) is 7.26. The zero-order chi connectivity index (χ0) is 13.5. The van der Waals surface area contributed by atoms with Crippen LogP contribution in [0, 0.1) is 12.8 Å². The van der Waals surface area contributed by atoms with Crippen LogP contribution in [0.1, 0.15) is 31.5 Å². The fraction of sp³-hybridized carbons (Fsp3) is 0.714. The lowest BCUT2D eigenvalue weighted by atomic mass is 9.83. The lowest BCUT2D eigenvalue weighted by molar-refractivity contribution is 0.303. The van der Waals surface area contributed by atoms with Crippen molar-refractivity contribution in [3.8, 4) is 0 Å². The molecule has 0 atom stereocenters. The normalized spacial score (nSPS) is 15.1. The Hall–Kier alpha value is -1.36. The number of hydrogen-bond acceptors (Lipinski definition) is 5. The van der Waals surface area contributed by atoms with E-state index in [-0.39, 0.29) is 0 Å². The van der Waals surface area contributed by atoms with Crippen LogP contribution in [-0.4, -0.2) is 36.6 Å². The van der Waals surface area contributed by atoms with Crippen molar-refractivity contribution in [1.82, 2.24) is 15.3 Å². The third-order valence-electron chi connectivity index (χ3n) is 3.60. The Labute approximate surface area is 115 Å². The Morgan fingerprint density at radius 3 is 2.37 bits per heavy atom. The van der Waals surface area contributed by atoms with Crippen LogP contribution in [0.2, 0.25) is 0 Å². The number of likely N-dealkylation sites (N-methyl/N-ethyl adjacent to an activating group) is 1. The minimum Gasteiger partial charge on any atom is -0.370 e. The Morgan fingerprint density at radius 2 is 1.79 bits per heavy atom. The largest absolute Gasteiger partial charge is 0.370 e. The van der Waals surface area contributed by atoms with Crippen LogP contribution in [0.3, 0.4) is 0 Å². The van der Waals surface area contributed by atoms with Crippen molar-refractivity contribution >= 4 is 11.6 Å². The molecule has 0 radical (unpaired) electrons. The van der Waals surface area contributed by atoms with E-state index in [4.69, 9.17) is 0 Å². The van der Waals surface area contributed by atoms with Gasteiger partial charge >= 0.3 is 0 Å². The third-order valence-corrected chi connectivity index (χ3v) is 3.60. The molecule has 0 aromatic carbocycles. The quantitative estimate of drug-likeness (QED) is 0.626. The predicted octanol–water partition coefficient (Wildman–Crippen LogP) is 2.02. The van der Waals surface area contributed by atoms with Crippen LogP contribution in [-0.2, 0) is 0 Å². The van der Waals surface area contributed by atoms with E-state index in [2.05, 4.69) is 25.9 Å². The molecule has 0 amide bonds. The van der Waals surface area contributed by atoms with Crippen molar-refractivity contribution in [1.29, 1.82) is 0 Å². The summed E-state index contributed by atoms with van der Waals surface area (Å²) in [5, 5.41) is 9.81. The molecule has 1 aromatic rings. The van der Waals surface area contributed by atoms with Gasteiger partial charge in [0, 0.05) is 25.7 Å². The first-order valence-corrected chi connectivity index (χ1v) is 7.26. The molecule has 1 aliphatic rings. The fourth-order valence-corrected chi connectivity index (χ4v) is 2.25. The molecule has 1 fully saturated rings. The molecule has 0 spiro atoms. The molecule has 3 N–H and O–H groups in total. The molecular formula is C14H25N5. The standard InChI is InChI=1S/C14H25N5/c1-11-18-13(16-7-6-12-4-3-5-12)10-14(19-11)17-9-8-15-2/h10,12,15H,3-9H2,1-2H3,(H2,16,17,18,19). The van der Waals surface area contributed by atoms with Gasteiger partial charge in [-0.1, -0.05) is 19.3 Å². The van der Waals surface area contributed by atoms with Crippen LogP contribution in [0.5, 0.6) is 0 Å². The topological polar surface area (TPSA) is 61.9 Å². The highest BCUT2D eigenvalue weighted by Gasteiger charge is 2.16. The molecule has 19 heavy (non-hydrogen) atoms. The summed E-state index contributed by atoms with van der Waals surface area (Å²) < 4.78 is 0. The zero-order valence-electron chi connectivity index (χ0n) is 12.0. The van der Waals surface area contributed by atoms with Crippen molar-refractivity contribution in [2.45, 2.75) is 32.6 Å². The summed E-state index contributed by atoms with van der Waals surface area (Å²) in [5.41, 5.74) is 0. The molecule has 106 valence electrons. The number of nitrogens with zero attached hydrogens (tertiary/aromatic N) is 2. The van der Waals surface area contributed by atoms with Gasteiger partial charge in [0.05, 0.1) is 0 Å². The van der Waals surface area contributed by atoms with Gasteiger partial charge in [0.1, 0.15) is 17.5 Å². The molecule has 0 bridgehead atoms. The second-order valence-corrected chi connectivity index (χ2v) is 5.23. The lowest BCUT2D eigenvalue weighted by Gasteiger charge is -2.25. The van der Waals surface area contributed by atoms with Crippen LogP contribution in [0.25, 0.3) is 0 Å². The maximum Gasteiger partial charge on any atom is 0.131 e. The molecule has 1 saturated carbocycles. The second kappa shape index (κ2) is 7.28. The molecule has 2 rings (SSSR count).